The van der Waals surface area contributed by atoms with Crippen molar-refractivity contribution in [3.05, 3.63) is 35.4 Å². The van der Waals surface area contributed by atoms with Crippen LogP contribution in [0.5, 0.6) is 0 Å². The van der Waals surface area contributed by atoms with E-state index in [9.17, 15) is 0 Å². The first kappa shape index (κ1) is 11.1. The molecule has 0 aromatic heterocycles. The number of benzene rings is 1. The number of aryl methyl sites for hydroxylation is 1. The Balaban J connectivity index is 2.09. The third-order valence-electron chi connectivity index (χ3n) is 3.24. The number of hydrogen-bond acceptors (Lipinski definition) is 1. The molecule has 3 heteroatoms. The number of amidine groups is 1. The molecule has 0 spiro atoms. The predicted molar refractivity (Wildman–Crippen MR) is 65.6 cm³/mol. The highest BCUT2D eigenvalue weighted by Crippen LogP contribution is 2.28. The first-order valence-electron chi connectivity index (χ1n) is 5.74. The van der Waals surface area contributed by atoms with Gasteiger partial charge in [-0.2, -0.15) is 0 Å². The molecule has 1 aromatic rings. The normalized spacial score (nSPS) is 25.3. The van der Waals surface area contributed by atoms with E-state index in [1.54, 1.807) is 0 Å². The fourth-order valence-corrected chi connectivity index (χ4v) is 2.16. The maximum atomic E-state index is 7.51. The molecule has 1 saturated heterocycles. The lowest BCUT2D eigenvalue weighted by molar-refractivity contribution is 0.356. The summed E-state index contributed by atoms with van der Waals surface area (Å²) in [6, 6.07) is 8.71. The summed E-state index contributed by atoms with van der Waals surface area (Å²) in [4.78, 5) is 0. The van der Waals surface area contributed by atoms with Crippen molar-refractivity contribution >= 4 is 5.84 Å². The van der Waals surface area contributed by atoms with Crippen LogP contribution in [0.4, 0.5) is 0 Å². The molecule has 85 valence electrons. The number of nitrogens with zero attached hydrogens (tertiary/aromatic N) is 1. The second-order valence-electron chi connectivity index (χ2n) is 4.51. The van der Waals surface area contributed by atoms with Crippen molar-refractivity contribution in [2.24, 2.45) is 11.7 Å². The van der Waals surface area contributed by atoms with Crippen LogP contribution in [-0.2, 0) is 0 Å². The van der Waals surface area contributed by atoms with E-state index in [0.717, 1.165) is 19.4 Å². The largest absolute Gasteiger partial charge is 0.387 e. The molecule has 1 fully saturated rings. The lowest BCUT2D eigenvalue weighted by Gasteiger charge is -2.28. The molecule has 0 amide bonds. The van der Waals surface area contributed by atoms with Crippen molar-refractivity contribution in [3.63, 3.8) is 0 Å². The highest BCUT2D eigenvalue weighted by Gasteiger charge is 2.25. The van der Waals surface area contributed by atoms with Crippen LogP contribution in [0.15, 0.2) is 24.3 Å². The van der Waals surface area contributed by atoms with Gasteiger partial charge in [-0.15, -0.1) is 0 Å². The van der Waals surface area contributed by atoms with Gasteiger partial charge in [-0.05, 0) is 25.3 Å². The van der Waals surface area contributed by atoms with Gasteiger partial charge in [0.05, 0.1) is 11.9 Å². The van der Waals surface area contributed by atoms with Gasteiger partial charge in [0.25, 0.3) is 0 Å². The highest BCUT2D eigenvalue weighted by molar-refractivity contribution is 5.79. The van der Waals surface area contributed by atoms with E-state index in [1.165, 1.54) is 11.1 Å². The average Bonchev–Trinajstić information content (AvgIpc) is 2.30. The van der Waals surface area contributed by atoms with Gasteiger partial charge < -0.3 is 5.73 Å². The number of nitrogens with one attached hydrogen (secondary N) is 1. The van der Waals surface area contributed by atoms with Gasteiger partial charge in [0.15, 0.2) is 0 Å². The second kappa shape index (κ2) is 4.66. The highest BCUT2D eigenvalue weighted by atomic mass is 14.9. The van der Waals surface area contributed by atoms with Crippen LogP contribution < -0.4 is 11.1 Å². The Labute approximate surface area is 96.6 Å². The molecule has 0 aliphatic carbocycles. The van der Waals surface area contributed by atoms with Crippen LogP contribution in [0, 0.1) is 18.3 Å². The molecular weight excluding hydrogens is 198 g/mol. The average molecular weight is 216 g/mol. The van der Waals surface area contributed by atoms with Crippen LogP contribution in [0.2, 0.25) is 0 Å². The smallest absolute Gasteiger partial charge is 0.0938 e. The zero-order valence-electron chi connectivity index (χ0n) is 9.61. The molecule has 0 bridgehead atoms. The van der Waals surface area contributed by atoms with Crippen LogP contribution in [0.25, 0.3) is 0 Å². The van der Waals surface area contributed by atoms with Crippen molar-refractivity contribution in [2.75, 3.05) is 6.54 Å². The van der Waals surface area contributed by atoms with E-state index in [4.69, 9.17) is 11.1 Å². The molecule has 1 radical (unpaired) electrons. The van der Waals surface area contributed by atoms with Crippen LogP contribution in [0.1, 0.15) is 30.0 Å². The molecule has 16 heavy (non-hydrogen) atoms. The summed E-state index contributed by atoms with van der Waals surface area (Å²) in [5.41, 5.74) is 8.09. The molecule has 2 rings (SSSR count). The Hall–Kier alpha value is -1.35. The molecule has 1 aromatic carbocycles. The van der Waals surface area contributed by atoms with Gasteiger partial charge in [-0.3, -0.25) is 5.41 Å². The summed E-state index contributed by atoms with van der Waals surface area (Å²) in [5, 5.41) is 12.1. The topological polar surface area (TPSA) is 64.0 Å². The number of nitrogens with two attached hydrogens (primary N) is 1. The van der Waals surface area contributed by atoms with E-state index in [1.807, 2.05) is 0 Å². The Morgan fingerprint density at radius 1 is 1.38 bits per heavy atom. The number of piperidine rings is 1. The Bertz CT molecular complexity index is 369. The number of hydrogen-bond donors (Lipinski definition) is 2. The summed E-state index contributed by atoms with van der Waals surface area (Å²) in [7, 11) is 0. The first-order chi connectivity index (χ1) is 7.66. The third-order valence-corrected chi connectivity index (χ3v) is 3.24. The fourth-order valence-electron chi connectivity index (χ4n) is 2.16. The molecule has 3 nitrogen and oxygen atoms in total. The van der Waals surface area contributed by atoms with Gasteiger partial charge in [-0.1, -0.05) is 29.8 Å². The molecule has 2 atom stereocenters. The molecule has 0 saturated carbocycles. The standard InChI is InChI=1S/C13H18N3/c1-9-2-4-10(5-3-9)12-8-11(13(14)15)6-7-16-12/h2-5,11-12H,6-8H2,1H3,(H3,14,15). The van der Waals surface area contributed by atoms with E-state index in [2.05, 4.69) is 36.5 Å². The van der Waals surface area contributed by atoms with Gasteiger partial charge in [-0.25, -0.2) is 5.32 Å². The molecule has 1 aliphatic rings. The minimum atomic E-state index is 0.212. The van der Waals surface area contributed by atoms with Gasteiger partial charge in [0.1, 0.15) is 0 Å². The van der Waals surface area contributed by atoms with Crippen molar-refractivity contribution < 1.29 is 0 Å². The summed E-state index contributed by atoms with van der Waals surface area (Å²) >= 11 is 0. The van der Waals surface area contributed by atoms with E-state index in [0.29, 0.717) is 5.84 Å². The van der Waals surface area contributed by atoms with Crippen LogP contribution in [-0.4, -0.2) is 12.4 Å². The maximum absolute atomic E-state index is 7.51. The summed E-state index contributed by atoms with van der Waals surface area (Å²) < 4.78 is 0. The Morgan fingerprint density at radius 2 is 2.06 bits per heavy atom. The molecule has 3 N–H and O–H groups in total. The zero-order chi connectivity index (χ0) is 11.5. The molecule has 2 unspecified atom stereocenters. The summed E-state index contributed by atoms with van der Waals surface area (Å²) in [6.07, 6.45) is 1.82. The monoisotopic (exact) mass is 216 g/mol. The SMILES string of the molecule is Cc1ccc(C2CC(C(=N)N)CC[N]2)cc1. The van der Waals surface area contributed by atoms with Crippen molar-refractivity contribution in [1.29, 1.82) is 5.41 Å². The van der Waals surface area contributed by atoms with Crippen LogP contribution >= 0.6 is 0 Å². The maximum Gasteiger partial charge on any atom is 0.0938 e. The van der Waals surface area contributed by atoms with E-state index >= 15 is 0 Å². The molecular formula is C13H18N3. The van der Waals surface area contributed by atoms with Crippen molar-refractivity contribution in [1.82, 2.24) is 5.32 Å². The van der Waals surface area contributed by atoms with Crippen molar-refractivity contribution in [2.45, 2.75) is 25.8 Å². The predicted octanol–water partition coefficient (Wildman–Crippen LogP) is 1.99. The second-order valence-corrected chi connectivity index (χ2v) is 4.51. The zero-order valence-corrected chi connectivity index (χ0v) is 9.61. The lowest BCUT2D eigenvalue weighted by atomic mass is 9.88. The third kappa shape index (κ3) is 2.42. The fraction of sp³-hybridized carbons (Fsp3) is 0.462. The lowest BCUT2D eigenvalue weighted by Crippen LogP contribution is -2.33. The Morgan fingerprint density at radius 3 is 2.69 bits per heavy atom. The molecule has 1 aliphatic heterocycles. The minimum Gasteiger partial charge on any atom is -0.387 e. The minimum absolute atomic E-state index is 0.212. The van der Waals surface area contributed by atoms with Crippen molar-refractivity contribution in [3.8, 4) is 0 Å². The van der Waals surface area contributed by atoms with Crippen LogP contribution in [0.3, 0.4) is 0 Å². The van der Waals surface area contributed by atoms with E-state index in [-0.39, 0.29) is 12.0 Å². The Kier molecular flexibility index (Phi) is 3.25. The summed E-state index contributed by atoms with van der Waals surface area (Å²) in [5.74, 6) is 0.524. The van der Waals surface area contributed by atoms with Gasteiger partial charge >= 0.3 is 0 Å². The molecule has 1 heterocycles. The number of rotatable bonds is 2. The summed E-state index contributed by atoms with van der Waals surface area (Å²) in [6.45, 7) is 2.91. The van der Waals surface area contributed by atoms with Gasteiger partial charge in [0, 0.05) is 12.5 Å². The van der Waals surface area contributed by atoms with E-state index < -0.39 is 0 Å². The van der Waals surface area contributed by atoms with Gasteiger partial charge in [0.2, 0.25) is 0 Å². The quantitative estimate of drug-likeness (QED) is 0.576. The first-order valence-corrected chi connectivity index (χ1v) is 5.74.